The average Bonchev–Trinajstić information content (AvgIpc) is 3.37. The van der Waals surface area contributed by atoms with E-state index in [1.54, 1.807) is 12.3 Å². The molecule has 1 aromatic heterocycles. The molecule has 1 aromatic carbocycles. The summed E-state index contributed by atoms with van der Waals surface area (Å²) in [5.74, 6) is -1.69. The molecule has 0 N–H and O–H groups in total. The molecule has 2 unspecified atom stereocenters. The number of carbonyl (C=O) groups excluding carboxylic acids is 3. The Labute approximate surface area is 166 Å². The van der Waals surface area contributed by atoms with Crippen molar-refractivity contribution in [3.8, 4) is 0 Å². The number of hydrogen-bond acceptors (Lipinski definition) is 7. The number of fused-ring (bicyclic) bond motifs is 1. The Morgan fingerprint density at radius 2 is 1.89 bits per heavy atom. The highest BCUT2D eigenvalue weighted by molar-refractivity contribution is 7.17. The number of likely N-dealkylation sites (tertiary alicyclic amines) is 1. The monoisotopic (exact) mass is 399 g/mol. The van der Waals surface area contributed by atoms with Crippen LogP contribution in [0.5, 0.6) is 0 Å². The number of rotatable bonds is 4. The predicted molar refractivity (Wildman–Crippen MR) is 105 cm³/mol. The molecular formula is C21H21NO5S. The van der Waals surface area contributed by atoms with Gasteiger partial charge in [0, 0.05) is 46.3 Å². The minimum atomic E-state index is -1.59. The Morgan fingerprint density at radius 3 is 2.64 bits per heavy atom. The molecule has 0 radical (unpaired) electrons. The summed E-state index contributed by atoms with van der Waals surface area (Å²) < 4.78 is 12.4. The molecule has 2 atom stereocenters. The van der Waals surface area contributed by atoms with Crippen molar-refractivity contribution >= 4 is 39.1 Å². The van der Waals surface area contributed by atoms with Crippen molar-refractivity contribution in [3.05, 3.63) is 47.4 Å². The van der Waals surface area contributed by atoms with Gasteiger partial charge in [-0.25, -0.2) is 9.59 Å². The van der Waals surface area contributed by atoms with Gasteiger partial charge in [0.1, 0.15) is 0 Å². The van der Waals surface area contributed by atoms with E-state index in [4.69, 9.17) is 9.47 Å². The number of hydrogen-bond donors (Lipinski definition) is 0. The first-order valence-corrected chi connectivity index (χ1v) is 10.3. The van der Waals surface area contributed by atoms with Crippen LogP contribution in [0.3, 0.4) is 0 Å². The van der Waals surface area contributed by atoms with E-state index in [1.165, 1.54) is 11.3 Å². The lowest BCUT2D eigenvalue weighted by Crippen LogP contribution is -2.61. The van der Waals surface area contributed by atoms with E-state index in [2.05, 4.69) is 0 Å². The van der Waals surface area contributed by atoms with Crippen LogP contribution in [0.4, 0.5) is 0 Å². The lowest BCUT2D eigenvalue weighted by atomic mass is 9.87. The maximum Gasteiger partial charge on any atom is 0.332 e. The summed E-state index contributed by atoms with van der Waals surface area (Å²) in [5, 5.41) is 2.60. The summed E-state index contributed by atoms with van der Waals surface area (Å²) >= 11 is 1.46. The lowest BCUT2D eigenvalue weighted by molar-refractivity contribution is -0.194. The van der Waals surface area contributed by atoms with Crippen LogP contribution in [-0.2, 0) is 19.1 Å². The third-order valence-electron chi connectivity index (χ3n) is 5.37. The van der Waals surface area contributed by atoms with E-state index in [0.717, 1.165) is 35.1 Å². The molecular weight excluding hydrogens is 378 g/mol. The van der Waals surface area contributed by atoms with E-state index in [0.29, 0.717) is 18.7 Å². The first-order valence-electron chi connectivity index (χ1n) is 9.42. The van der Waals surface area contributed by atoms with E-state index < -0.39 is 23.8 Å². The third kappa shape index (κ3) is 3.14. The molecule has 1 fully saturated rings. The zero-order valence-corrected chi connectivity index (χ0v) is 16.4. The van der Waals surface area contributed by atoms with Crippen molar-refractivity contribution in [1.82, 2.24) is 4.90 Å². The van der Waals surface area contributed by atoms with Crippen LogP contribution in [0, 0.1) is 0 Å². The molecule has 0 saturated carbocycles. The minimum absolute atomic E-state index is 0.198. The van der Waals surface area contributed by atoms with Crippen LogP contribution in [0.1, 0.15) is 36.5 Å². The van der Waals surface area contributed by atoms with E-state index >= 15 is 0 Å². The molecule has 28 heavy (non-hydrogen) atoms. The highest BCUT2D eigenvalue weighted by Gasteiger charge is 2.54. The summed E-state index contributed by atoms with van der Waals surface area (Å²) in [5.41, 5.74) is -1.11. The number of ketones is 1. The van der Waals surface area contributed by atoms with Gasteiger partial charge in [-0.1, -0.05) is 25.1 Å². The van der Waals surface area contributed by atoms with Crippen LogP contribution >= 0.6 is 11.3 Å². The number of cyclic esters (lactones) is 2. The minimum Gasteiger partial charge on any atom is -0.442 e. The molecule has 146 valence electrons. The average molecular weight is 399 g/mol. The van der Waals surface area contributed by atoms with Crippen LogP contribution in [-0.4, -0.2) is 47.5 Å². The number of nitrogens with zero attached hydrogens (tertiary/aromatic N) is 1. The van der Waals surface area contributed by atoms with Gasteiger partial charge in [-0.05, 0) is 25.3 Å². The summed E-state index contributed by atoms with van der Waals surface area (Å²) in [6.45, 7) is 3.14. The van der Waals surface area contributed by atoms with E-state index in [1.807, 2.05) is 29.2 Å². The van der Waals surface area contributed by atoms with Crippen molar-refractivity contribution in [2.24, 2.45) is 0 Å². The SMILES string of the molecule is CCC1(C(=O)c2csc3ccccc23)OC(=O)/C=C\C(=O)OC1N1CCCC1. The van der Waals surface area contributed by atoms with Crippen molar-refractivity contribution < 1.29 is 23.9 Å². The molecule has 4 rings (SSSR count). The Morgan fingerprint density at radius 1 is 1.18 bits per heavy atom. The van der Waals surface area contributed by atoms with Crippen molar-refractivity contribution in [3.63, 3.8) is 0 Å². The molecule has 0 amide bonds. The van der Waals surface area contributed by atoms with Gasteiger partial charge in [0.15, 0.2) is 0 Å². The molecule has 0 spiro atoms. The lowest BCUT2D eigenvalue weighted by Gasteiger charge is -2.41. The standard InChI is InChI=1S/C21H21NO5S/c1-2-21(19(25)15-13-28-16-8-4-3-7-14(15)16)20(22-11-5-6-12-22)26-17(23)9-10-18(24)27-21/h3-4,7-10,13,20H,2,5-6,11-12H2,1H3/b10-9-. The molecule has 2 aromatic rings. The van der Waals surface area contributed by atoms with Crippen molar-refractivity contribution in [1.29, 1.82) is 0 Å². The maximum absolute atomic E-state index is 13.8. The zero-order chi connectivity index (χ0) is 19.7. The van der Waals surface area contributed by atoms with Crippen LogP contribution < -0.4 is 0 Å². The molecule has 2 aliphatic heterocycles. The molecule has 2 aliphatic rings. The van der Waals surface area contributed by atoms with E-state index in [-0.39, 0.29) is 12.2 Å². The van der Waals surface area contributed by atoms with Crippen LogP contribution in [0.2, 0.25) is 0 Å². The summed E-state index contributed by atoms with van der Waals surface area (Å²) in [7, 11) is 0. The second-order valence-corrected chi connectivity index (χ2v) is 7.92. The fourth-order valence-corrected chi connectivity index (χ4v) is 4.88. The predicted octanol–water partition coefficient (Wildman–Crippen LogP) is 3.31. The number of esters is 2. The summed E-state index contributed by atoms with van der Waals surface area (Å²) in [4.78, 5) is 40.3. The first-order chi connectivity index (χ1) is 13.5. The number of benzene rings is 1. The van der Waals surface area contributed by atoms with Crippen LogP contribution in [0.15, 0.2) is 41.8 Å². The molecule has 3 heterocycles. The zero-order valence-electron chi connectivity index (χ0n) is 15.6. The summed E-state index contributed by atoms with van der Waals surface area (Å²) in [6.07, 6.45) is 3.19. The third-order valence-corrected chi connectivity index (χ3v) is 6.34. The van der Waals surface area contributed by atoms with Gasteiger partial charge >= 0.3 is 11.9 Å². The molecule has 0 bridgehead atoms. The normalized spacial score (nSPS) is 27.1. The van der Waals surface area contributed by atoms with E-state index in [9.17, 15) is 14.4 Å². The van der Waals surface area contributed by atoms with Gasteiger partial charge in [-0.3, -0.25) is 9.69 Å². The Bertz CT molecular complexity index is 959. The van der Waals surface area contributed by atoms with Crippen molar-refractivity contribution in [2.45, 2.75) is 38.0 Å². The van der Waals surface area contributed by atoms with Gasteiger partial charge in [-0.15, -0.1) is 11.3 Å². The van der Waals surface area contributed by atoms with Crippen molar-refractivity contribution in [2.75, 3.05) is 13.1 Å². The Hall–Kier alpha value is -2.51. The van der Waals surface area contributed by atoms with Gasteiger partial charge in [0.05, 0.1) is 0 Å². The molecule has 7 heteroatoms. The fourth-order valence-electron chi connectivity index (χ4n) is 3.94. The first kappa shape index (κ1) is 18.8. The van der Waals surface area contributed by atoms with Gasteiger partial charge in [0.25, 0.3) is 0 Å². The molecule has 1 saturated heterocycles. The quantitative estimate of drug-likeness (QED) is 0.580. The number of carbonyl (C=O) groups is 3. The number of ether oxygens (including phenoxy) is 2. The molecule has 6 nitrogen and oxygen atoms in total. The fraction of sp³-hybridized carbons (Fsp3) is 0.381. The Balaban J connectivity index is 1.85. The molecule has 0 aliphatic carbocycles. The second-order valence-electron chi connectivity index (χ2n) is 7.00. The second kappa shape index (κ2) is 7.48. The Kier molecular flexibility index (Phi) is 5.03. The highest BCUT2D eigenvalue weighted by Crippen LogP contribution is 2.37. The van der Waals surface area contributed by atoms with Gasteiger partial charge in [0.2, 0.25) is 17.6 Å². The number of Topliss-reactive ketones (excluding diaryl/α,β-unsaturated/α-hetero) is 1. The smallest absolute Gasteiger partial charge is 0.332 e. The maximum atomic E-state index is 13.8. The highest BCUT2D eigenvalue weighted by atomic mass is 32.1. The van der Waals surface area contributed by atoms with Gasteiger partial charge < -0.3 is 9.47 Å². The summed E-state index contributed by atoms with van der Waals surface area (Å²) in [6, 6.07) is 7.61. The van der Waals surface area contributed by atoms with Crippen LogP contribution in [0.25, 0.3) is 10.1 Å². The topological polar surface area (TPSA) is 72.9 Å². The number of thiophene rings is 1. The largest absolute Gasteiger partial charge is 0.442 e. The van der Waals surface area contributed by atoms with Gasteiger partial charge in [-0.2, -0.15) is 0 Å².